The van der Waals surface area contributed by atoms with Crippen LogP contribution < -0.4 is 15.4 Å². The topological polar surface area (TPSA) is 50.4 Å². The third-order valence-corrected chi connectivity index (χ3v) is 3.60. The molecule has 122 valence electrons. The van der Waals surface area contributed by atoms with Gasteiger partial charge in [-0.25, -0.2) is 13.2 Å². The lowest BCUT2D eigenvalue weighted by Gasteiger charge is -2.32. The fourth-order valence-electron chi connectivity index (χ4n) is 2.09. The van der Waals surface area contributed by atoms with Crippen LogP contribution in [-0.2, 0) is 4.79 Å². The van der Waals surface area contributed by atoms with Crippen LogP contribution in [0.25, 0.3) is 0 Å². The average Bonchev–Trinajstić information content (AvgIpc) is 2.43. The zero-order chi connectivity index (χ0) is 16.2. The Morgan fingerprint density at radius 2 is 2.27 bits per heavy atom. The van der Waals surface area contributed by atoms with Crippen molar-refractivity contribution < 1.29 is 22.7 Å². The highest BCUT2D eigenvalue weighted by Crippen LogP contribution is 2.26. The quantitative estimate of drug-likeness (QED) is 0.868. The summed E-state index contributed by atoms with van der Waals surface area (Å²) < 4.78 is 45.2. The Morgan fingerprint density at radius 1 is 1.50 bits per heavy atom. The molecule has 8 heteroatoms. The number of alkyl halides is 2. The van der Waals surface area contributed by atoms with E-state index in [4.69, 9.17) is 16.3 Å². The van der Waals surface area contributed by atoms with E-state index in [1.54, 1.807) is 0 Å². The Kier molecular flexibility index (Phi) is 5.52. The number of hydrogen-bond donors (Lipinski definition) is 2. The van der Waals surface area contributed by atoms with Gasteiger partial charge in [0.2, 0.25) is 5.91 Å². The van der Waals surface area contributed by atoms with E-state index in [9.17, 15) is 18.0 Å². The first-order valence-electron chi connectivity index (χ1n) is 6.84. The molecule has 1 aromatic carbocycles. The number of hydrogen-bond acceptors (Lipinski definition) is 3. The van der Waals surface area contributed by atoms with Gasteiger partial charge in [-0.15, -0.1) is 0 Å². The minimum Gasteiger partial charge on any atom is -0.491 e. The summed E-state index contributed by atoms with van der Waals surface area (Å²) in [6.07, 6.45) is -0.403. The van der Waals surface area contributed by atoms with Gasteiger partial charge in [-0.3, -0.25) is 4.79 Å². The molecule has 1 heterocycles. The summed E-state index contributed by atoms with van der Waals surface area (Å²) in [5.74, 6) is -3.71. The van der Waals surface area contributed by atoms with Crippen LogP contribution in [0, 0.1) is 5.82 Å². The van der Waals surface area contributed by atoms with Crippen molar-refractivity contribution in [2.75, 3.05) is 19.7 Å². The van der Waals surface area contributed by atoms with Gasteiger partial charge < -0.3 is 15.4 Å². The molecule has 1 aliphatic heterocycles. The zero-order valence-electron chi connectivity index (χ0n) is 11.7. The summed E-state index contributed by atoms with van der Waals surface area (Å²) in [4.78, 5) is 11.7. The van der Waals surface area contributed by atoms with Crippen molar-refractivity contribution in [1.29, 1.82) is 0 Å². The minimum absolute atomic E-state index is 0.0311. The molecule has 1 aliphatic rings. The maximum atomic E-state index is 13.6. The molecule has 0 aromatic heterocycles. The van der Waals surface area contributed by atoms with Crippen LogP contribution in [0.15, 0.2) is 18.2 Å². The highest BCUT2D eigenvalue weighted by Gasteiger charge is 2.42. The van der Waals surface area contributed by atoms with Gasteiger partial charge in [-0.05, 0) is 18.2 Å². The molecule has 22 heavy (non-hydrogen) atoms. The van der Waals surface area contributed by atoms with Crippen LogP contribution in [0.1, 0.15) is 12.8 Å². The zero-order valence-corrected chi connectivity index (χ0v) is 12.4. The highest BCUT2D eigenvalue weighted by atomic mass is 35.5. The second kappa shape index (κ2) is 7.19. The van der Waals surface area contributed by atoms with Gasteiger partial charge in [0, 0.05) is 19.5 Å². The van der Waals surface area contributed by atoms with Crippen molar-refractivity contribution >= 4 is 17.5 Å². The van der Waals surface area contributed by atoms with Crippen LogP contribution >= 0.6 is 11.6 Å². The average molecular weight is 337 g/mol. The molecule has 1 fully saturated rings. The molecule has 0 bridgehead atoms. The molecular formula is C14H16ClF3N2O2. The van der Waals surface area contributed by atoms with Crippen molar-refractivity contribution in [2.45, 2.75) is 24.8 Å². The first kappa shape index (κ1) is 16.9. The fourth-order valence-corrected chi connectivity index (χ4v) is 2.32. The third kappa shape index (κ3) is 4.51. The van der Waals surface area contributed by atoms with Gasteiger partial charge in [0.05, 0.1) is 18.1 Å². The van der Waals surface area contributed by atoms with Crippen LogP contribution in [-0.4, -0.2) is 37.6 Å². The summed E-state index contributed by atoms with van der Waals surface area (Å²) in [5.41, 5.74) is 0. The molecule has 1 amide bonds. The first-order chi connectivity index (χ1) is 10.4. The number of rotatable bonds is 5. The first-order valence-corrected chi connectivity index (χ1v) is 7.22. The SMILES string of the molecule is O=C(CCOc1ccc(F)cc1Cl)NC1CNCCC1(F)F. The summed E-state index contributed by atoms with van der Waals surface area (Å²) in [5, 5.41) is 5.19. The standard InChI is InChI=1S/C14H16ClF3N2O2/c15-10-7-9(16)1-2-11(10)22-6-3-13(21)20-12-8-19-5-4-14(12,17)18/h1-2,7,12,19H,3-6,8H2,(H,20,21). The predicted octanol–water partition coefficient (Wildman–Crippen LogP) is 2.36. The monoisotopic (exact) mass is 336 g/mol. The maximum Gasteiger partial charge on any atom is 0.270 e. The van der Waals surface area contributed by atoms with Crippen LogP contribution in [0.3, 0.4) is 0 Å². The molecule has 0 aliphatic carbocycles. The lowest BCUT2D eigenvalue weighted by atomic mass is 10.0. The summed E-state index contributed by atoms with van der Waals surface area (Å²) in [6.45, 7) is 0.220. The number of carbonyl (C=O) groups excluding carboxylic acids is 1. The van der Waals surface area contributed by atoms with Gasteiger partial charge >= 0.3 is 0 Å². The number of carbonyl (C=O) groups is 1. The molecule has 0 radical (unpaired) electrons. The van der Waals surface area contributed by atoms with E-state index in [-0.39, 0.29) is 43.3 Å². The number of amides is 1. The number of halogens is 4. The van der Waals surface area contributed by atoms with Gasteiger partial charge in [0.15, 0.2) is 0 Å². The Bertz CT molecular complexity index is 543. The van der Waals surface area contributed by atoms with Gasteiger partial charge in [0.25, 0.3) is 5.92 Å². The Labute approximate surface area is 131 Å². The van der Waals surface area contributed by atoms with E-state index in [0.29, 0.717) is 0 Å². The smallest absolute Gasteiger partial charge is 0.270 e. The van der Waals surface area contributed by atoms with E-state index >= 15 is 0 Å². The van der Waals surface area contributed by atoms with Crippen molar-refractivity contribution in [1.82, 2.24) is 10.6 Å². The Balaban J connectivity index is 1.78. The van der Waals surface area contributed by atoms with Crippen LogP contribution in [0.4, 0.5) is 13.2 Å². The molecule has 2 N–H and O–H groups in total. The summed E-state index contributed by atoms with van der Waals surface area (Å²) >= 11 is 5.76. The lowest BCUT2D eigenvalue weighted by Crippen LogP contribution is -2.57. The van der Waals surface area contributed by atoms with Crippen molar-refractivity contribution in [2.24, 2.45) is 0 Å². The van der Waals surface area contributed by atoms with E-state index in [2.05, 4.69) is 10.6 Å². The molecule has 0 saturated carbocycles. The van der Waals surface area contributed by atoms with Gasteiger partial charge in [-0.2, -0.15) is 0 Å². The molecular weight excluding hydrogens is 321 g/mol. The number of nitrogens with one attached hydrogen (secondary N) is 2. The lowest BCUT2D eigenvalue weighted by molar-refractivity contribution is -0.127. The molecule has 4 nitrogen and oxygen atoms in total. The van der Waals surface area contributed by atoms with Gasteiger partial charge in [-0.1, -0.05) is 11.6 Å². The Morgan fingerprint density at radius 3 is 2.95 bits per heavy atom. The molecule has 2 rings (SSSR count). The van der Waals surface area contributed by atoms with E-state index in [1.165, 1.54) is 12.1 Å². The number of piperidine rings is 1. The van der Waals surface area contributed by atoms with E-state index < -0.39 is 23.7 Å². The minimum atomic E-state index is -2.91. The molecule has 1 atom stereocenters. The van der Waals surface area contributed by atoms with Gasteiger partial charge in [0.1, 0.15) is 17.6 Å². The molecule has 1 aromatic rings. The van der Waals surface area contributed by atoms with E-state index in [1.807, 2.05) is 0 Å². The van der Waals surface area contributed by atoms with Crippen molar-refractivity contribution in [3.05, 3.63) is 29.0 Å². The number of ether oxygens (including phenoxy) is 1. The normalized spacial score (nSPS) is 20.5. The highest BCUT2D eigenvalue weighted by molar-refractivity contribution is 6.32. The van der Waals surface area contributed by atoms with Crippen LogP contribution in [0.5, 0.6) is 5.75 Å². The second-order valence-electron chi connectivity index (χ2n) is 5.01. The third-order valence-electron chi connectivity index (χ3n) is 3.31. The van der Waals surface area contributed by atoms with Crippen LogP contribution in [0.2, 0.25) is 5.02 Å². The van der Waals surface area contributed by atoms with E-state index in [0.717, 1.165) is 6.07 Å². The fraction of sp³-hybridized carbons (Fsp3) is 0.500. The molecule has 0 spiro atoms. The largest absolute Gasteiger partial charge is 0.491 e. The Hall–Kier alpha value is -1.47. The summed E-state index contributed by atoms with van der Waals surface area (Å²) in [7, 11) is 0. The second-order valence-corrected chi connectivity index (χ2v) is 5.42. The van der Waals surface area contributed by atoms with Crippen molar-refractivity contribution in [3.8, 4) is 5.75 Å². The molecule has 1 unspecified atom stereocenters. The molecule has 1 saturated heterocycles. The summed E-state index contributed by atoms with van der Waals surface area (Å²) in [6, 6.07) is 2.39. The van der Waals surface area contributed by atoms with Crippen molar-refractivity contribution in [3.63, 3.8) is 0 Å². The predicted molar refractivity (Wildman–Crippen MR) is 75.9 cm³/mol. The number of benzene rings is 1. The maximum absolute atomic E-state index is 13.6.